The molecule has 2 rings (SSSR count). The van der Waals surface area contributed by atoms with Crippen molar-refractivity contribution in [2.75, 3.05) is 11.9 Å². The van der Waals surface area contributed by atoms with Crippen molar-refractivity contribution in [3.63, 3.8) is 0 Å². The molecule has 1 aromatic carbocycles. The number of nitrogens with two attached hydrogens (primary N) is 1. The number of guanidine groups is 1. The summed E-state index contributed by atoms with van der Waals surface area (Å²) in [5.74, 6) is 1.38. The molecule has 0 amide bonds. The van der Waals surface area contributed by atoms with Crippen molar-refractivity contribution in [3.8, 4) is 0 Å². The second-order valence-electron chi connectivity index (χ2n) is 4.99. The Balaban J connectivity index is 1.90. The number of aliphatic imine (C=N–C) groups is 1. The molecule has 112 valence electrons. The molecule has 21 heavy (non-hydrogen) atoms. The summed E-state index contributed by atoms with van der Waals surface area (Å²) < 4.78 is 1.99. The molecule has 1 heterocycles. The zero-order chi connectivity index (χ0) is 15.2. The molecule has 0 saturated carbocycles. The molecule has 0 unspecified atom stereocenters. The lowest BCUT2D eigenvalue weighted by atomic mass is 10.1. The van der Waals surface area contributed by atoms with Gasteiger partial charge >= 0.3 is 0 Å². The monoisotopic (exact) mass is 286 g/mol. The van der Waals surface area contributed by atoms with E-state index in [4.69, 9.17) is 5.73 Å². The van der Waals surface area contributed by atoms with Crippen LogP contribution in [0.1, 0.15) is 23.9 Å². The Morgan fingerprint density at radius 2 is 2.14 bits per heavy atom. The Morgan fingerprint density at radius 3 is 2.86 bits per heavy atom. The van der Waals surface area contributed by atoms with E-state index in [9.17, 15) is 0 Å². The highest BCUT2D eigenvalue weighted by Crippen LogP contribution is 2.13. The zero-order valence-electron chi connectivity index (χ0n) is 12.8. The average Bonchev–Trinajstić information content (AvgIpc) is 2.90. The van der Waals surface area contributed by atoms with Gasteiger partial charge in [0.05, 0.1) is 6.54 Å². The number of nitrogens with one attached hydrogen (secondary N) is 1. The summed E-state index contributed by atoms with van der Waals surface area (Å²) in [6, 6.07) is 6.13. The maximum atomic E-state index is 5.90. The van der Waals surface area contributed by atoms with Crippen LogP contribution < -0.4 is 11.1 Å². The standard InChI is InChI=1S/C15H22N6/c1-4-14-20-18-10-21(14)8-7-17-15(16)19-13-6-5-11(2)12(3)9-13/h5-6,9-10H,4,7-8H2,1-3H3,(H3,16,17,19). The van der Waals surface area contributed by atoms with Crippen LogP contribution in [0.4, 0.5) is 5.69 Å². The number of benzene rings is 1. The van der Waals surface area contributed by atoms with Crippen LogP contribution in [-0.2, 0) is 13.0 Å². The molecular weight excluding hydrogens is 264 g/mol. The minimum Gasteiger partial charge on any atom is -0.370 e. The summed E-state index contributed by atoms with van der Waals surface area (Å²) in [6.45, 7) is 7.53. The summed E-state index contributed by atoms with van der Waals surface area (Å²) in [4.78, 5) is 4.33. The third-order valence-electron chi connectivity index (χ3n) is 3.41. The van der Waals surface area contributed by atoms with Crippen molar-refractivity contribution >= 4 is 11.6 Å². The van der Waals surface area contributed by atoms with Crippen LogP contribution in [0.25, 0.3) is 0 Å². The minimum absolute atomic E-state index is 0.421. The highest BCUT2D eigenvalue weighted by atomic mass is 15.3. The van der Waals surface area contributed by atoms with Gasteiger partial charge in [-0.2, -0.15) is 0 Å². The van der Waals surface area contributed by atoms with Gasteiger partial charge in [-0.15, -0.1) is 10.2 Å². The first-order valence-electron chi connectivity index (χ1n) is 7.11. The molecule has 3 N–H and O–H groups in total. The number of aryl methyl sites for hydroxylation is 3. The number of hydrogen-bond donors (Lipinski definition) is 2. The van der Waals surface area contributed by atoms with Crippen LogP contribution in [0.5, 0.6) is 0 Å². The molecule has 0 saturated heterocycles. The van der Waals surface area contributed by atoms with Gasteiger partial charge in [0.15, 0.2) is 5.96 Å². The van der Waals surface area contributed by atoms with Gasteiger partial charge in [-0.3, -0.25) is 4.99 Å². The van der Waals surface area contributed by atoms with Crippen LogP contribution in [-0.4, -0.2) is 27.3 Å². The van der Waals surface area contributed by atoms with Gasteiger partial charge in [-0.05, 0) is 37.1 Å². The molecule has 1 aromatic heterocycles. The van der Waals surface area contributed by atoms with Gasteiger partial charge in [0, 0.05) is 18.7 Å². The number of anilines is 1. The number of rotatable bonds is 5. The molecule has 6 heteroatoms. The quantitative estimate of drug-likeness (QED) is 0.649. The van der Waals surface area contributed by atoms with Crippen molar-refractivity contribution in [2.45, 2.75) is 33.7 Å². The molecule has 6 nitrogen and oxygen atoms in total. The SMILES string of the molecule is CCc1nncn1CCN=C(N)Nc1ccc(C)c(C)c1. The Labute approximate surface area is 125 Å². The first kappa shape index (κ1) is 15.0. The van der Waals surface area contributed by atoms with E-state index in [-0.39, 0.29) is 0 Å². The summed E-state index contributed by atoms with van der Waals surface area (Å²) in [5.41, 5.74) is 9.35. The van der Waals surface area contributed by atoms with Crippen LogP contribution >= 0.6 is 0 Å². The number of aromatic nitrogens is 3. The van der Waals surface area contributed by atoms with Gasteiger partial charge < -0.3 is 15.6 Å². The van der Waals surface area contributed by atoms with Gasteiger partial charge in [0.2, 0.25) is 0 Å². The second-order valence-corrected chi connectivity index (χ2v) is 4.99. The number of nitrogens with zero attached hydrogens (tertiary/aromatic N) is 4. The topological polar surface area (TPSA) is 81.1 Å². The van der Waals surface area contributed by atoms with Crippen LogP contribution in [0.3, 0.4) is 0 Å². The predicted octanol–water partition coefficient (Wildman–Crippen LogP) is 1.88. The van der Waals surface area contributed by atoms with E-state index in [2.05, 4.69) is 53.4 Å². The third kappa shape index (κ3) is 4.05. The fourth-order valence-corrected chi connectivity index (χ4v) is 2.02. The van der Waals surface area contributed by atoms with Gasteiger partial charge in [-0.1, -0.05) is 13.0 Å². The lowest BCUT2D eigenvalue weighted by Crippen LogP contribution is -2.23. The Morgan fingerprint density at radius 1 is 1.33 bits per heavy atom. The van der Waals surface area contributed by atoms with Crippen molar-refractivity contribution in [3.05, 3.63) is 41.5 Å². The molecule has 0 radical (unpaired) electrons. The van der Waals surface area contributed by atoms with E-state index in [1.165, 1.54) is 11.1 Å². The molecule has 0 bridgehead atoms. The molecule has 0 atom stereocenters. The van der Waals surface area contributed by atoms with Crippen LogP contribution in [0.15, 0.2) is 29.5 Å². The zero-order valence-corrected chi connectivity index (χ0v) is 12.8. The lowest BCUT2D eigenvalue weighted by molar-refractivity contribution is 0.666. The third-order valence-corrected chi connectivity index (χ3v) is 3.41. The van der Waals surface area contributed by atoms with E-state index < -0.39 is 0 Å². The summed E-state index contributed by atoms with van der Waals surface area (Å²) in [7, 11) is 0. The van der Waals surface area contributed by atoms with Gasteiger partial charge in [0.25, 0.3) is 0 Å². The van der Waals surface area contributed by atoms with E-state index >= 15 is 0 Å². The highest BCUT2D eigenvalue weighted by molar-refractivity contribution is 5.92. The molecule has 0 aliphatic heterocycles. The molecule has 2 aromatic rings. The van der Waals surface area contributed by atoms with Crippen molar-refractivity contribution in [1.82, 2.24) is 14.8 Å². The van der Waals surface area contributed by atoms with E-state index in [1.807, 2.05) is 10.6 Å². The molecular formula is C15H22N6. The van der Waals surface area contributed by atoms with Crippen LogP contribution in [0.2, 0.25) is 0 Å². The molecule has 0 aliphatic rings. The van der Waals surface area contributed by atoms with Crippen molar-refractivity contribution in [1.29, 1.82) is 0 Å². The van der Waals surface area contributed by atoms with Gasteiger partial charge in [-0.25, -0.2) is 0 Å². The lowest BCUT2D eigenvalue weighted by Gasteiger charge is -2.08. The Hall–Kier alpha value is -2.37. The Bertz CT molecular complexity index is 629. The van der Waals surface area contributed by atoms with E-state index in [1.54, 1.807) is 6.33 Å². The summed E-state index contributed by atoms with van der Waals surface area (Å²) in [6.07, 6.45) is 2.58. The largest absolute Gasteiger partial charge is 0.370 e. The minimum atomic E-state index is 0.421. The summed E-state index contributed by atoms with van der Waals surface area (Å²) >= 11 is 0. The normalized spacial score (nSPS) is 11.7. The molecule has 0 aliphatic carbocycles. The first-order chi connectivity index (χ1) is 10.1. The highest BCUT2D eigenvalue weighted by Gasteiger charge is 2.01. The first-order valence-corrected chi connectivity index (χ1v) is 7.11. The fraction of sp³-hybridized carbons (Fsp3) is 0.400. The summed E-state index contributed by atoms with van der Waals surface area (Å²) in [5, 5.41) is 11.0. The predicted molar refractivity (Wildman–Crippen MR) is 85.4 cm³/mol. The second kappa shape index (κ2) is 6.88. The average molecular weight is 286 g/mol. The van der Waals surface area contributed by atoms with Crippen LogP contribution in [0, 0.1) is 13.8 Å². The van der Waals surface area contributed by atoms with Gasteiger partial charge in [0.1, 0.15) is 12.2 Å². The molecule has 0 spiro atoms. The maximum absolute atomic E-state index is 5.90. The maximum Gasteiger partial charge on any atom is 0.193 e. The smallest absolute Gasteiger partial charge is 0.193 e. The van der Waals surface area contributed by atoms with E-state index in [0.717, 1.165) is 24.5 Å². The van der Waals surface area contributed by atoms with Crippen molar-refractivity contribution in [2.24, 2.45) is 10.7 Å². The molecule has 0 fully saturated rings. The fourth-order valence-electron chi connectivity index (χ4n) is 2.02. The van der Waals surface area contributed by atoms with Crippen molar-refractivity contribution < 1.29 is 0 Å². The Kier molecular flexibility index (Phi) is 4.92. The number of hydrogen-bond acceptors (Lipinski definition) is 3. The van der Waals surface area contributed by atoms with E-state index in [0.29, 0.717) is 12.5 Å².